The molecule has 0 unspecified atom stereocenters. The Balaban J connectivity index is 3.23. The first-order valence-corrected chi connectivity index (χ1v) is 3.76. The van der Waals surface area contributed by atoms with Gasteiger partial charge in [-0.05, 0) is 25.1 Å². The number of nitrogens with zero attached hydrogens (tertiary/aromatic N) is 1. The molecule has 12 heavy (non-hydrogen) atoms. The average molecular weight is 185 g/mol. The maximum Gasteiger partial charge on any atom is 0.124 e. The standard InChI is InChI=1S/C8H9ClN2O/c1-5(11-10)7-4-6(9)2-3-8(7)12/h2-4,12H,10H2,1H3. The second kappa shape index (κ2) is 3.45. The van der Waals surface area contributed by atoms with Crippen molar-refractivity contribution in [1.82, 2.24) is 0 Å². The Morgan fingerprint density at radius 2 is 2.25 bits per heavy atom. The monoisotopic (exact) mass is 184 g/mol. The second-order valence-electron chi connectivity index (χ2n) is 2.38. The molecule has 0 spiro atoms. The summed E-state index contributed by atoms with van der Waals surface area (Å²) in [4.78, 5) is 0. The molecule has 0 saturated heterocycles. The highest BCUT2D eigenvalue weighted by Gasteiger charge is 2.04. The summed E-state index contributed by atoms with van der Waals surface area (Å²) in [6, 6.07) is 4.72. The zero-order chi connectivity index (χ0) is 9.14. The highest BCUT2D eigenvalue weighted by molar-refractivity contribution is 6.31. The molecule has 0 amide bonds. The maximum atomic E-state index is 9.34. The Bertz CT molecular complexity index is 323. The van der Waals surface area contributed by atoms with Gasteiger partial charge in [0.15, 0.2) is 0 Å². The van der Waals surface area contributed by atoms with Gasteiger partial charge in [-0.3, -0.25) is 0 Å². The van der Waals surface area contributed by atoms with Crippen LogP contribution in [-0.2, 0) is 0 Å². The summed E-state index contributed by atoms with van der Waals surface area (Å²) in [5.41, 5.74) is 1.11. The van der Waals surface area contributed by atoms with Crippen LogP contribution < -0.4 is 5.84 Å². The fourth-order valence-electron chi connectivity index (χ4n) is 0.868. The van der Waals surface area contributed by atoms with Gasteiger partial charge in [0.05, 0.1) is 5.71 Å². The van der Waals surface area contributed by atoms with Gasteiger partial charge < -0.3 is 10.9 Å². The summed E-state index contributed by atoms with van der Waals surface area (Å²) in [7, 11) is 0. The molecular formula is C8H9ClN2O. The molecule has 0 aliphatic carbocycles. The van der Waals surface area contributed by atoms with Crippen LogP contribution in [0.5, 0.6) is 5.75 Å². The number of phenolic OH excluding ortho intramolecular Hbond substituents is 1. The molecule has 0 bridgehead atoms. The summed E-state index contributed by atoms with van der Waals surface area (Å²) >= 11 is 5.71. The molecule has 0 radical (unpaired) electrons. The zero-order valence-electron chi connectivity index (χ0n) is 6.58. The first kappa shape index (κ1) is 8.87. The number of phenols is 1. The van der Waals surface area contributed by atoms with E-state index in [9.17, 15) is 5.11 Å². The Labute approximate surface area is 75.5 Å². The van der Waals surface area contributed by atoms with Crippen molar-refractivity contribution in [3.63, 3.8) is 0 Å². The third-order valence-corrected chi connectivity index (χ3v) is 1.78. The van der Waals surface area contributed by atoms with Gasteiger partial charge in [-0.2, -0.15) is 5.10 Å². The van der Waals surface area contributed by atoms with Crippen LogP contribution in [0, 0.1) is 0 Å². The summed E-state index contributed by atoms with van der Waals surface area (Å²) in [6.07, 6.45) is 0. The van der Waals surface area contributed by atoms with E-state index in [1.165, 1.54) is 6.07 Å². The largest absolute Gasteiger partial charge is 0.507 e. The molecule has 0 aromatic heterocycles. The topological polar surface area (TPSA) is 58.6 Å². The second-order valence-corrected chi connectivity index (χ2v) is 2.81. The number of rotatable bonds is 1. The van der Waals surface area contributed by atoms with Crippen molar-refractivity contribution in [2.75, 3.05) is 0 Å². The highest BCUT2D eigenvalue weighted by atomic mass is 35.5. The van der Waals surface area contributed by atoms with Crippen LogP contribution in [0.2, 0.25) is 5.02 Å². The predicted octanol–water partition coefficient (Wildman–Crippen LogP) is 1.73. The number of hydrazone groups is 1. The van der Waals surface area contributed by atoms with Gasteiger partial charge in [0.2, 0.25) is 0 Å². The summed E-state index contributed by atoms with van der Waals surface area (Å²) in [5, 5.41) is 13.3. The van der Waals surface area contributed by atoms with E-state index in [1.54, 1.807) is 19.1 Å². The van der Waals surface area contributed by atoms with Crippen LogP contribution in [0.1, 0.15) is 12.5 Å². The first-order chi connectivity index (χ1) is 5.65. The van der Waals surface area contributed by atoms with Crippen molar-refractivity contribution in [1.29, 1.82) is 0 Å². The normalized spacial score (nSPS) is 11.7. The molecule has 3 nitrogen and oxygen atoms in total. The molecule has 0 fully saturated rings. The van der Waals surface area contributed by atoms with Crippen LogP contribution in [-0.4, -0.2) is 10.8 Å². The van der Waals surface area contributed by atoms with Gasteiger partial charge in [0, 0.05) is 10.6 Å². The van der Waals surface area contributed by atoms with Crippen LogP contribution in [0.25, 0.3) is 0 Å². The third kappa shape index (κ3) is 1.68. The van der Waals surface area contributed by atoms with Gasteiger partial charge in [-0.1, -0.05) is 11.6 Å². The Morgan fingerprint density at radius 1 is 1.58 bits per heavy atom. The summed E-state index contributed by atoms with van der Waals surface area (Å²) in [5.74, 6) is 5.19. The lowest BCUT2D eigenvalue weighted by Crippen LogP contribution is -1.98. The first-order valence-electron chi connectivity index (χ1n) is 3.38. The van der Waals surface area contributed by atoms with Gasteiger partial charge in [0.25, 0.3) is 0 Å². The molecule has 0 aliphatic heterocycles. The summed E-state index contributed by atoms with van der Waals surface area (Å²) < 4.78 is 0. The number of hydrogen-bond acceptors (Lipinski definition) is 3. The molecule has 1 aromatic rings. The minimum atomic E-state index is 0.131. The molecule has 0 heterocycles. The van der Waals surface area contributed by atoms with Crippen LogP contribution in [0.15, 0.2) is 23.3 Å². The molecule has 0 atom stereocenters. The maximum absolute atomic E-state index is 9.34. The van der Waals surface area contributed by atoms with E-state index in [1.807, 2.05) is 0 Å². The fraction of sp³-hybridized carbons (Fsp3) is 0.125. The molecule has 1 rings (SSSR count). The molecular weight excluding hydrogens is 176 g/mol. The number of benzene rings is 1. The van der Waals surface area contributed by atoms with Gasteiger partial charge in [-0.15, -0.1) is 0 Å². The smallest absolute Gasteiger partial charge is 0.124 e. The van der Waals surface area contributed by atoms with Crippen molar-refractivity contribution in [3.8, 4) is 5.75 Å². The van der Waals surface area contributed by atoms with E-state index in [4.69, 9.17) is 17.4 Å². The molecule has 0 aliphatic rings. The number of aromatic hydroxyl groups is 1. The molecule has 1 aromatic carbocycles. The van der Waals surface area contributed by atoms with Crippen molar-refractivity contribution in [3.05, 3.63) is 28.8 Å². The molecule has 3 N–H and O–H groups in total. The fourth-order valence-corrected chi connectivity index (χ4v) is 1.04. The Hall–Kier alpha value is -1.22. The van der Waals surface area contributed by atoms with E-state index in [2.05, 4.69) is 5.10 Å². The lowest BCUT2D eigenvalue weighted by Gasteiger charge is -2.02. The highest BCUT2D eigenvalue weighted by Crippen LogP contribution is 2.21. The van der Waals surface area contributed by atoms with E-state index in [0.29, 0.717) is 16.3 Å². The Morgan fingerprint density at radius 3 is 2.83 bits per heavy atom. The quantitative estimate of drug-likeness (QED) is 0.397. The van der Waals surface area contributed by atoms with Crippen molar-refractivity contribution in [2.24, 2.45) is 10.9 Å². The van der Waals surface area contributed by atoms with E-state index in [-0.39, 0.29) is 5.75 Å². The van der Waals surface area contributed by atoms with Crippen LogP contribution in [0.3, 0.4) is 0 Å². The zero-order valence-corrected chi connectivity index (χ0v) is 7.34. The average Bonchev–Trinajstić information content (AvgIpc) is 2.08. The molecule has 0 saturated carbocycles. The van der Waals surface area contributed by atoms with Gasteiger partial charge in [-0.25, -0.2) is 0 Å². The van der Waals surface area contributed by atoms with Crippen molar-refractivity contribution < 1.29 is 5.11 Å². The van der Waals surface area contributed by atoms with Gasteiger partial charge in [0.1, 0.15) is 5.75 Å². The van der Waals surface area contributed by atoms with Crippen molar-refractivity contribution in [2.45, 2.75) is 6.92 Å². The summed E-state index contributed by atoms with van der Waals surface area (Å²) in [6.45, 7) is 1.70. The van der Waals surface area contributed by atoms with Crippen LogP contribution >= 0.6 is 11.6 Å². The van der Waals surface area contributed by atoms with Crippen LogP contribution in [0.4, 0.5) is 0 Å². The Kier molecular flexibility index (Phi) is 2.55. The van der Waals surface area contributed by atoms with Crippen molar-refractivity contribution >= 4 is 17.3 Å². The predicted molar refractivity (Wildman–Crippen MR) is 49.5 cm³/mol. The molecule has 4 heteroatoms. The van der Waals surface area contributed by atoms with E-state index < -0.39 is 0 Å². The van der Waals surface area contributed by atoms with E-state index in [0.717, 1.165) is 0 Å². The lowest BCUT2D eigenvalue weighted by atomic mass is 10.1. The van der Waals surface area contributed by atoms with E-state index >= 15 is 0 Å². The third-order valence-electron chi connectivity index (χ3n) is 1.54. The number of nitrogens with two attached hydrogens (primary N) is 1. The minimum absolute atomic E-state index is 0.131. The number of halogens is 1. The minimum Gasteiger partial charge on any atom is -0.507 e. The van der Waals surface area contributed by atoms with Gasteiger partial charge >= 0.3 is 0 Å². The number of hydrogen-bond donors (Lipinski definition) is 2. The lowest BCUT2D eigenvalue weighted by molar-refractivity contribution is 0.474. The SMILES string of the molecule is CC(=NN)c1cc(Cl)ccc1O. The molecule has 64 valence electrons.